The van der Waals surface area contributed by atoms with Crippen molar-refractivity contribution in [1.29, 1.82) is 0 Å². The summed E-state index contributed by atoms with van der Waals surface area (Å²) < 4.78 is 0. The Morgan fingerprint density at radius 1 is 1.67 bits per heavy atom. The number of nitrogens with two attached hydrogens (primary N) is 1. The van der Waals surface area contributed by atoms with Gasteiger partial charge in [0, 0.05) is 16.5 Å². The van der Waals surface area contributed by atoms with E-state index < -0.39 is 6.04 Å². The number of hydrogen-bond acceptors (Lipinski definition) is 3. The second kappa shape index (κ2) is 5.39. The zero-order valence-corrected chi connectivity index (χ0v) is 9.98. The van der Waals surface area contributed by atoms with Crippen molar-refractivity contribution < 1.29 is 4.79 Å². The summed E-state index contributed by atoms with van der Waals surface area (Å²) in [6.07, 6.45) is 0. The van der Waals surface area contributed by atoms with Crippen LogP contribution in [-0.4, -0.2) is 17.7 Å². The predicted octanol–water partition coefficient (Wildman–Crippen LogP) is 1.84. The Labute approximate surface area is 99.4 Å². The standard InChI is InChI=1S/C10H13ClN2OS/c1-6-7(11)3-2-4-9(6)13-10(14)8(12)5-15/h2-4,8,15H,5,12H2,1H3,(H,13,14). The van der Waals surface area contributed by atoms with Gasteiger partial charge in [-0.1, -0.05) is 17.7 Å². The third-order valence-electron chi connectivity index (χ3n) is 2.06. The Kier molecular flexibility index (Phi) is 4.45. The van der Waals surface area contributed by atoms with Crippen molar-refractivity contribution in [2.24, 2.45) is 5.73 Å². The van der Waals surface area contributed by atoms with Crippen LogP contribution in [-0.2, 0) is 4.79 Å². The van der Waals surface area contributed by atoms with Crippen LogP contribution in [0.15, 0.2) is 18.2 Å². The average molecular weight is 245 g/mol. The molecule has 1 unspecified atom stereocenters. The van der Waals surface area contributed by atoms with Crippen LogP contribution < -0.4 is 11.1 Å². The first-order valence-corrected chi connectivity index (χ1v) is 5.49. The maximum atomic E-state index is 11.5. The van der Waals surface area contributed by atoms with Crippen LogP contribution in [0, 0.1) is 6.92 Å². The Bertz CT molecular complexity index is 370. The molecule has 0 heterocycles. The summed E-state index contributed by atoms with van der Waals surface area (Å²) in [5, 5.41) is 3.32. The molecule has 82 valence electrons. The first kappa shape index (κ1) is 12.4. The molecule has 0 aromatic heterocycles. The first-order chi connectivity index (χ1) is 7.06. The third-order valence-corrected chi connectivity index (χ3v) is 2.86. The van der Waals surface area contributed by atoms with Crippen LogP contribution in [0.3, 0.4) is 0 Å². The van der Waals surface area contributed by atoms with Gasteiger partial charge in [0.15, 0.2) is 0 Å². The van der Waals surface area contributed by atoms with Gasteiger partial charge < -0.3 is 11.1 Å². The van der Waals surface area contributed by atoms with E-state index in [1.807, 2.05) is 6.92 Å². The molecule has 3 N–H and O–H groups in total. The maximum absolute atomic E-state index is 11.5. The van der Waals surface area contributed by atoms with Gasteiger partial charge in [-0.3, -0.25) is 4.79 Å². The van der Waals surface area contributed by atoms with E-state index in [1.54, 1.807) is 18.2 Å². The SMILES string of the molecule is Cc1c(Cl)cccc1NC(=O)C(N)CS. The van der Waals surface area contributed by atoms with Crippen LogP contribution in [0.4, 0.5) is 5.69 Å². The topological polar surface area (TPSA) is 55.1 Å². The molecule has 0 aliphatic rings. The molecule has 1 aromatic rings. The number of rotatable bonds is 3. The summed E-state index contributed by atoms with van der Waals surface area (Å²) >= 11 is 9.87. The number of anilines is 1. The highest BCUT2D eigenvalue weighted by molar-refractivity contribution is 7.80. The first-order valence-electron chi connectivity index (χ1n) is 4.48. The number of benzene rings is 1. The number of halogens is 1. The van der Waals surface area contributed by atoms with Gasteiger partial charge in [-0.25, -0.2) is 0 Å². The number of amides is 1. The lowest BCUT2D eigenvalue weighted by atomic mass is 10.2. The van der Waals surface area contributed by atoms with E-state index >= 15 is 0 Å². The highest BCUT2D eigenvalue weighted by Gasteiger charge is 2.12. The Morgan fingerprint density at radius 3 is 2.93 bits per heavy atom. The minimum absolute atomic E-state index is 0.254. The lowest BCUT2D eigenvalue weighted by molar-refractivity contribution is -0.116. The fraction of sp³-hybridized carbons (Fsp3) is 0.300. The maximum Gasteiger partial charge on any atom is 0.242 e. The summed E-state index contributed by atoms with van der Waals surface area (Å²) in [5.41, 5.74) is 7.05. The summed E-state index contributed by atoms with van der Waals surface area (Å²) in [6, 6.07) is 4.72. The largest absolute Gasteiger partial charge is 0.324 e. The van der Waals surface area contributed by atoms with E-state index in [4.69, 9.17) is 17.3 Å². The molecule has 1 rings (SSSR count). The molecule has 1 aromatic carbocycles. The van der Waals surface area contributed by atoms with Crippen LogP contribution in [0.2, 0.25) is 5.02 Å². The molecule has 0 fully saturated rings. The molecule has 3 nitrogen and oxygen atoms in total. The van der Waals surface area contributed by atoms with E-state index in [2.05, 4.69) is 17.9 Å². The van der Waals surface area contributed by atoms with E-state index in [1.165, 1.54) is 0 Å². The van der Waals surface area contributed by atoms with Crippen molar-refractivity contribution in [3.63, 3.8) is 0 Å². The number of carbonyl (C=O) groups is 1. The molecular weight excluding hydrogens is 232 g/mol. The molecule has 0 spiro atoms. The van der Waals surface area contributed by atoms with Crippen LogP contribution >= 0.6 is 24.2 Å². The summed E-state index contributed by atoms with van der Waals surface area (Å²) in [5.74, 6) is 0.0567. The molecule has 0 saturated heterocycles. The Balaban J connectivity index is 2.81. The van der Waals surface area contributed by atoms with E-state index in [-0.39, 0.29) is 5.91 Å². The molecule has 0 bridgehead atoms. The Morgan fingerprint density at radius 2 is 2.33 bits per heavy atom. The minimum atomic E-state index is -0.605. The zero-order chi connectivity index (χ0) is 11.4. The monoisotopic (exact) mass is 244 g/mol. The molecular formula is C10H13ClN2OS. The number of nitrogens with one attached hydrogen (secondary N) is 1. The lowest BCUT2D eigenvalue weighted by Gasteiger charge is -2.12. The van der Waals surface area contributed by atoms with Gasteiger partial charge in [-0.05, 0) is 24.6 Å². The van der Waals surface area contributed by atoms with Gasteiger partial charge in [0.05, 0.1) is 6.04 Å². The average Bonchev–Trinajstić information content (AvgIpc) is 2.23. The van der Waals surface area contributed by atoms with Crippen molar-refractivity contribution in [2.45, 2.75) is 13.0 Å². The third kappa shape index (κ3) is 3.12. The highest BCUT2D eigenvalue weighted by atomic mass is 35.5. The summed E-state index contributed by atoms with van der Waals surface area (Å²) in [4.78, 5) is 11.5. The number of carbonyl (C=O) groups excluding carboxylic acids is 1. The summed E-state index contributed by atoms with van der Waals surface area (Å²) in [6.45, 7) is 1.84. The van der Waals surface area contributed by atoms with Crippen LogP contribution in [0.5, 0.6) is 0 Å². The smallest absolute Gasteiger partial charge is 0.242 e. The molecule has 0 aliphatic heterocycles. The molecule has 0 aliphatic carbocycles. The van der Waals surface area contributed by atoms with E-state index in [0.29, 0.717) is 16.5 Å². The van der Waals surface area contributed by atoms with E-state index in [0.717, 1.165) is 5.56 Å². The molecule has 1 atom stereocenters. The quantitative estimate of drug-likeness (QED) is 0.711. The molecule has 1 amide bonds. The van der Waals surface area contributed by atoms with Crippen molar-refractivity contribution in [3.05, 3.63) is 28.8 Å². The number of hydrogen-bond donors (Lipinski definition) is 3. The molecule has 5 heteroatoms. The lowest BCUT2D eigenvalue weighted by Crippen LogP contribution is -2.37. The van der Waals surface area contributed by atoms with Crippen molar-refractivity contribution in [3.8, 4) is 0 Å². The second-order valence-electron chi connectivity index (χ2n) is 3.19. The van der Waals surface area contributed by atoms with E-state index in [9.17, 15) is 4.79 Å². The minimum Gasteiger partial charge on any atom is -0.324 e. The fourth-order valence-electron chi connectivity index (χ4n) is 1.05. The molecule has 0 saturated carbocycles. The highest BCUT2D eigenvalue weighted by Crippen LogP contribution is 2.22. The van der Waals surface area contributed by atoms with Gasteiger partial charge in [-0.15, -0.1) is 0 Å². The van der Waals surface area contributed by atoms with Crippen molar-refractivity contribution in [1.82, 2.24) is 0 Å². The van der Waals surface area contributed by atoms with Crippen LogP contribution in [0.1, 0.15) is 5.56 Å². The fourth-order valence-corrected chi connectivity index (χ4v) is 1.39. The van der Waals surface area contributed by atoms with Gasteiger partial charge in [-0.2, -0.15) is 12.6 Å². The van der Waals surface area contributed by atoms with Crippen LogP contribution in [0.25, 0.3) is 0 Å². The zero-order valence-electron chi connectivity index (χ0n) is 8.33. The summed E-state index contributed by atoms with van der Waals surface area (Å²) in [7, 11) is 0. The normalized spacial score (nSPS) is 12.3. The number of thiol groups is 1. The predicted molar refractivity (Wildman–Crippen MR) is 66.6 cm³/mol. The van der Waals surface area contributed by atoms with Gasteiger partial charge in [0.2, 0.25) is 5.91 Å². The molecule has 15 heavy (non-hydrogen) atoms. The second-order valence-corrected chi connectivity index (χ2v) is 3.96. The molecule has 0 radical (unpaired) electrons. The Hall–Kier alpha value is -0.710. The van der Waals surface area contributed by atoms with Gasteiger partial charge >= 0.3 is 0 Å². The van der Waals surface area contributed by atoms with Crippen molar-refractivity contribution >= 4 is 35.8 Å². The van der Waals surface area contributed by atoms with Gasteiger partial charge in [0.1, 0.15) is 0 Å². The van der Waals surface area contributed by atoms with Crippen molar-refractivity contribution in [2.75, 3.05) is 11.1 Å². The van der Waals surface area contributed by atoms with Gasteiger partial charge in [0.25, 0.3) is 0 Å².